The van der Waals surface area contributed by atoms with Gasteiger partial charge in [0.25, 0.3) is 0 Å². The molecule has 5 heteroatoms. The van der Waals surface area contributed by atoms with Crippen LogP contribution in [0.1, 0.15) is 44.9 Å². The van der Waals surface area contributed by atoms with Gasteiger partial charge in [0.2, 0.25) is 0 Å². The monoisotopic (exact) mass is 409 g/mol. The summed E-state index contributed by atoms with van der Waals surface area (Å²) in [5.74, 6) is 2.69. The number of guanidine groups is 1. The molecule has 21 heavy (non-hydrogen) atoms. The van der Waals surface area contributed by atoms with Gasteiger partial charge in [0, 0.05) is 39.7 Å². The van der Waals surface area contributed by atoms with E-state index < -0.39 is 0 Å². The summed E-state index contributed by atoms with van der Waals surface area (Å²) in [4.78, 5) is 6.82. The predicted octanol–water partition coefficient (Wildman–Crippen LogP) is 3.12. The quantitative estimate of drug-likeness (QED) is 0.431. The zero-order valence-corrected chi connectivity index (χ0v) is 16.0. The van der Waals surface area contributed by atoms with Crippen LogP contribution < -0.4 is 5.32 Å². The molecule has 0 radical (unpaired) electrons. The van der Waals surface area contributed by atoms with Crippen molar-refractivity contribution in [2.75, 3.05) is 40.4 Å². The number of hydrogen-bond acceptors (Lipinski definition) is 2. The van der Waals surface area contributed by atoms with E-state index in [2.05, 4.69) is 15.2 Å². The van der Waals surface area contributed by atoms with Crippen LogP contribution in [0.4, 0.5) is 0 Å². The van der Waals surface area contributed by atoms with Gasteiger partial charge in [-0.05, 0) is 18.8 Å². The molecular formula is C16H32IN3O. The van der Waals surface area contributed by atoms with Crippen LogP contribution in [0.5, 0.6) is 0 Å². The van der Waals surface area contributed by atoms with Crippen molar-refractivity contribution in [3.05, 3.63) is 0 Å². The van der Waals surface area contributed by atoms with E-state index in [1.165, 1.54) is 44.9 Å². The minimum absolute atomic E-state index is 0. The molecule has 1 aliphatic heterocycles. The van der Waals surface area contributed by atoms with Crippen molar-refractivity contribution >= 4 is 29.9 Å². The summed E-state index contributed by atoms with van der Waals surface area (Å²) in [6.07, 6.45) is 9.69. The maximum absolute atomic E-state index is 5.26. The minimum atomic E-state index is 0. The third-order valence-electron chi connectivity index (χ3n) is 4.76. The molecule has 2 fully saturated rings. The second-order valence-electron chi connectivity index (χ2n) is 6.32. The van der Waals surface area contributed by atoms with Crippen LogP contribution in [-0.2, 0) is 4.74 Å². The van der Waals surface area contributed by atoms with Crippen molar-refractivity contribution in [3.8, 4) is 0 Å². The zero-order valence-electron chi connectivity index (χ0n) is 13.6. The normalized spacial score (nSPS) is 24.0. The van der Waals surface area contributed by atoms with Crippen LogP contribution in [0.25, 0.3) is 0 Å². The summed E-state index contributed by atoms with van der Waals surface area (Å²) in [6.45, 7) is 4.13. The summed E-state index contributed by atoms with van der Waals surface area (Å²) in [6, 6.07) is 0. The van der Waals surface area contributed by atoms with E-state index in [-0.39, 0.29) is 24.0 Å². The lowest BCUT2D eigenvalue weighted by Crippen LogP contribution is -2.41. The maximum atomic E-state index is 5.26. The van der Waals surface area contributed by atoms with Gasteiger partial charge in [-0.1, -0.05) is 32.1 Å². The van der Waals surface area contributed by atoms with Crippen molar-refractivity contribution in [3.63, 3.8) is 0 Å². The van der Waals surface area contributed by atoms with Crippen molar-refractivity contribution in [2.45, 2.75) is 44.9 Å². The van der Waals surface area contributed by atoms with Gasteiger partial charge >= 0.3 is 0 Å². The molecule has 0 amide bonds. The molecule has 1 unspecified atom stereocenters. The van der Waals surface area contributed by atoms with Crippen LogP contribution in [0.15, 0.2) is 4.99 Å². The molecule has 1 saturated carbocycles. The number of likely N-dealkylation sites (tertiary alicyclic amines) is 1. The fourth-order valence-electron chi connectivity index (χ4n) is 3.59. The summed E-state index contributed by atoms with van der Waals surface area (Å²) in [5, 5.41) is 3.56. The highest BCUT2D eigenvalue weighted by Crippen LogP contribution is 2.25. The Hall–Kier alpha value is -0.0400. The first kappa shape index (κ1) is 19.0. The molecule has 4 nitrogen and oxygen atoms in total. The van der Waals surface area contributed by atoms with Crippen LogP contribution >= 0.6 is 24.0 Å². The van der Waals surface area contributed by atoms with Gasteiger partial charge in [-0.25, -0.2) is 0 Å². The van der Waals surface area contributed by atoms with Crippen LogP contribution in [0.2, 0.25) is 0 Å². The third-order valence-corrected chi connectivity index (χ3v) is 4.76. The van der Waals surface area contributed by atoms with Gasteiger partial charge in [0.05, 0.1) is 6.61 Å². The number of rotatable bonds is 5. The Kier molecular flexibility index (Phi) is 9.64. The molecule has 0 aromatic rings. The number of nitrogens with one attached hydrogen (secondary N) is 1. The van der Waals surface area contributed by atoms with E-state index in [0.29, 0.717) is 5.92 Å². The molecular weight excluding hydrogens is 377 g/mol. The first-order valence-corrected chi connectivity index (χ1v) is 8.28. The first-order chi connectivity index (χ1) is 9.83. The SMILES string of the molecule is CN=C(NCCC1CCCCC1)N1CCC(COC)C1.I. The summed E-state index contributed by atoms with van der Waals surface area (Å²) < 4.78 is 5.26. The average Bonchev–Trinajstić information content (AvgIpc) is 2.94. The smallest absolute Gasteiger partial charge is 0.193 e. The lowest BCUT2D eigenvalue weighted by atomic mass is 9.87. The topological polar surface area (TPSA) is 36.9 Å². The maximum Gasteiger partial charge on any atom is 0.193 e. The Morgan fingerprint density at radius 3 is 2.62 bits per heavy atom. The first-order valence-electron chi connectivity index (χ1n) is 8.28. The Morgan fingerprint density at radius 1 is 1.19 bits per heavy atom. The number of hydrogen-bond donors (Lipinski definition) is 1. The Morgan fingerprint density at radius 2 is 1.95 bits per heavy atom. The van der Waals surface area contributed by atoms with Crippen molar-refractivity contribution in [1.82, 2.24) is 10.2 Å². The van der Waals surface area contributed by atoms with Crippen LogP contribution in [0.3, 0.4) is 0 Å². The molecule has 1 saturated heterocycles. The van der Waals surface area contributed by atoms with Crippen molar-refractivity contribution in [2.24, 2.45) is 16.8 Å². The van der Waals surface area contributed by atoms with E-state index in [1.807, 2.05) is 7.05 Å². The zero-order chi connectivity index (χ0) is 14.2. The molecule has 0 bridgehead atoms. The van der Waals surface area contributed by atoms with E-state index in [9.17, 15) is 0 Å². The summed E-state index contributed by atoms with van der Waals surface area (Å²) in [5.41, 5.74) is 0. The van der Waals surface area contributed by atoms with Gasteiger partial charge in [-0.15, -0.1) is 24.0 Å². The Bertz CT molecular complexity index is 306. The standard InChI is InChI=1S/C16H31N3O.HI/c1-17-16(19-11-9-15(12-19)13-20-2)18-10-8-14-6-4-3-5-7-14;/h14-15H,3-13H2,1-2H3,(H,17,18);1H. The highest BCUT2D eigenvalue weighted by Gasteiger charge is 2.24. The molecule has 1 aliphatic carbocycles. The number of halogens is 1. The molecule has 0 aromatic heterocycles. The Labute approximate surface area is 147 Å². The fourth-order valence-corrected chi connectivity index (χ4v) is 3.59. The summed E-state index contributed by atoms with van der Waals surface area (Å²) >= 11 is 0. The molecule has 1 heterocycles. The van der Waals surface area contributed by atoms with Gasteiger partial charge in [0.15, 0.2) is 5.96 Å². The minimum Gasteiger partial charge on any atom is -0.384 e. The largest absolute Gasteiger partial charge is 0.384 e. The van der Waals surface area contributed by atoms with Crippen LogP contribution in [0, 0.1) is 11.8 Å². The second kappa shape index (κ2) is 10.6. The van der Waals surface area contributed by atoms with Gasteiger partial charge in [-0.3, -0.25) is 4.99 Å². The molecule has 124 valence electrons. The second-order valence-corrected chi connectivity index (χ2v) is 6.32. The Balaban J connectivity index is 0.00000220. The van der Waals surface area contributed by atoms with E-state index >= 15 is 0 Å². The summed E-state index contributed by atoms with van der Waals surface area (Å²) in [7, 11) is 3.69. The molecule has 2 aliphatic rings. The number of methoxy groups -OCH3 is 1. The molecule has 1 atom stereocenters. The lowest BCUT2D eigenvalue weighted by molar-refractivity contribution is 0.157. The lowest BCUT2D eigenvalue weighted by Gasteiger charge is -2.24. The van der Waals surface area contributed by atoms with E-state index in [0.717, 1.165) is 38.1 Å². The predicted molar refractivity (Wildman–Crippen MR) is 99.5 cm³/mol. The van der Waals surface area contributed by atoms with Crippen molar-refractivity contribution in [1.29, 1.82) is 0 Å². The van der Waals surface area contributed by atoms with E-state index in [4.69, 9.17) is 4.74 Å². The molecule has 2 rings (SSSR count). The van der Waals surface area contributed by atoms with Crippen LogP contribution in [-0.4, -0.2) is 51.3 Å². The number of aliphatic imine (C=N–C) groups is 1. The third kappa shape index (κ3) is 6.30. The van der Waals surface area contributed by atoms with Gasteiger partial charge in [0.1, 0.15) is 0 Å². The highest BCUT2D eigenvalue weighted by atomic mass is 127. The van der Waals surface area contributed by atoms with E-state index in [1.54, 1.807) is 7.11 Å². The fraction of sp³-hybridized carbons (Fsp3) is 0.938. The van der Waals surface area contributed by atoms with Gasteiger partial charge in [-0.2, -0.15) is 0 Å². The highest BCUT2D eigenvalue weighted by molar-refractivity contribution is 14.0. The molecule has 0 spiro atoms. The number of ether oxygens (including phenoxy) is 1. The molecule has 1 N–H and O–H groups in total. The number of nitrogens with zero attached hydrogens (tertiary/aromatic N) is 2. The van der Waals surface area contributed by atoms with Crippen molar-refractivity contribution < 1.29 is 4.74 Å². The average molecular weight is 409 g/mol. The molecule has 0 aromatic carbocycles. The van der Waals surface area contributed by atoms with Gasteiger partial charge < -0.3 is 15.0 Å².